The Kier molecular flexibility index (Phi) is 8.48. The molecule has 0 unspecified atom stereocenters. The summed E-state index contributed by atoms with van der Waals surface area (Å²) in [4.78, 5) is 18.7. The number of ether oxygens (including phenoxy) is 2. The molecule has 3 rings (SSSR count). The molecule has 1 N–H and O–H groups in total. The number of carbonyl (C=O) groups is 1. The lowest BCUT2D eigenvalue weighted by molar-refractivity contribution is -0.0171. The van der Waals surface area contributed by atoms with Crippen LogP contribution in [0.1, 0.15) is 65.5 Å². The normalized spacial score (nSPS) is 15.7. The summed E-state index contributed by atoms with van der Waals surface area (Å²) in [5.74, 6) is 0. The van der Waals surface area contributed by atoms with E-state index in [0.717, 1.165) is 24.0 Å². The van der Waals surface area contributed by atoms with E-state index in [9.17, 15) is 13.2 Å². The van der Waals surface area contributed by atoms with Crippen LogP contribution >= 0.6 is 0 Å². The number of aromatic nitrogens is 1. The van der Waals surface area contributed by atoms with Gasteiger partial charge >= 0.3 is 6.09 Å². The Bertz CT molecular complexity index is 1160. The molecule has 8 nitrogen and oxygen atoms in total. The monoisotopic (exact) mass is 517 g/mol. The van der Waals surface area contributed by atoms with E-state index in [1.165, 1.54) is 0 Å². The third-order valence-electron chi connectivity index (χ3n) is 5.55. The van der Waals surface area contributed by atoms with Crippen LogP contribution in [0.25, 0.3) is 11.3 Å². The predicted molar refractivity (Wildman–Crippen MR) is 140 cm³/mol. The molecule has 0 aliphatic carbocycles. The van der Waals surface area contributed by atoms with Crippen molar-refractivity contribution in [3.8, 4) is 11.3 Å². The van der Waals surface area contributed by atoms with Gasteiger partial charge in [0, 0.05) is 30.4 Å². The van der Waals surface area contributed by atoms with Crippen molar-refractivity contribution in [2.45, 2.75) is 90.1 Å². The first kappa shape index (κ1) is 28.1. The number of carbonyl (C=O) groups excluding carboxylic acids is 1. The van der Waals surface area contributed by atoms with E-state index in [0.29, 0.717) is 31.0 Å². The van der Waals surface area contributed by atoms with Crippen LogP contribution in [-0.2, 0) is 26.1 Å². The van der Waals surface area contributed by atoms with Crippen LogP contribution in [0.2, 0.25) is 0 Å². The van der Waals surface area contributed by atoms with Crippen molar-refractivity contribution >= 4 is 16.1 Å². The zero-order chi connectivity index (χ0) is 26.7. The number of benzene rings is 1. The Balaban J connectivity index is 1.63. The van der Waals surface area contributed by atoms with Crippen molar-refractivity contribution in [2.75, 3.05) is 13.1 Å². The molecular formula is C27H39N3O5S. The zero-order valence-corrected chi connectivity index (χ0v) is 23.2. The quantitative estimate of drug-likeness (QED) is 0.576. The highest BCUT2D eigenvalue weighted by molar-refractivity contribution is 7.89. The molecule has 0 spiro atoms. The van der Waals surface area contributed by atoms with Gasteiger partial charge in [0.05, 0.1) is 23.3 Å². The van der Waals surface area contributed by atoms with Gasteiger partial charge in [-0.1, -0.05) is 17.7 Å². The molecule has 2 heterocycles. The van der Waals surface area contributed by atoms with Gasteiger partial charge in [0.2, 0.25) is 10.0 Å². The highest BCUT2D eigenvalue weighted by Gasteiger charge is 2.28. The predicted octanol–water partition coefficient (Wildman–Crippen LogP) is 5.05. The second-order valence-corrected chi connectivity index (χ2v) is 13.0. The largest absolute Gasteiger partial charge is 0.444 e. The van der Waals surface area contributed by atoms with Gasteiger partial charge in [-0.05, 0) is 85.1 Å². The summed E-state index contributed by atoms with van der Waals surface area (Å²) >= 11 is 0. The van der Waals surface area contributed by atoms with Crippen molar-refractivity contribution in [2.24, 2.45) is 0 Å². The topological polar surface area (TPSA) is 97.8 Å². The van der Waals surface area contributed by atoms with Gasteiger partial charge in [-0.3, -0.25) is 4.98 Å². The number of hydrogen-bond donors (Lipinski definition) is 1. The fraction of sp³-hybridized carbons (Fsp3) is 0.556. The molecule has 1 aromatic carbocycles. The third-order valence-corrected chi connectivity index (χ3v) is 7.36. The maximum atomic E-state index is 13.0. The van der Waals surface area contributed by atoms with E-state index >= 15 is 0 Å². The maximum absolute atomic E-state index is 13.0. The number of nitrogens with zero attached hydrogens (tertiary/aromatic N) is 2. The summed E-state index contributed by atoms with van der Waals surface area (Å²) in [5.41, 5.74) is 1.90. The van der Waals surface area contributed by atoms with Crippen LogP contribution in [-0.4, -0.2) is 54.7 Å². The molecule has 2 aromatic rings. The third kappa shape index (κ3) is 8.01. The van der Waals surface area contributed by atoms with Gasteiger partial charge in [-0.25, -0.2) is 17.9 Å². The fourth-order valence-electron chi connectivity index (χ4n) is 3.95. The van der Waals surface area contributed by atoms with Crippen molar-refractivity contribution in [1.82, 2.24) is 14.6 Å². The van der Waals surface area contributed by atoms with E-state index in [4.69, 9.17) is 9.47 Å². The van der Waals surface area contributed by atoms with Crippen LogP contribution in [0.4, 0.5) is 4.79 Å². The summed E-state index contributed by atoms with van der Waals surface area (Å²) in [6, 6.07) is 9.00. The van der Waals surface area contributed by atoms with Crippen molar-refractivity contribution in [3.63, 3.8) is 0 Å². The lowest BCUT2D eigenvalue weighted by Crippen LogP contribution is -2.43. The van der Waals surface area contributed by atoms with Crippen LogP contribution in [0.5, 0.6) is 0 Å². The molecule has 198 valence electrons. The number of hydrogen-bond acceptors (Lipinski definition) is 6. The molecule has 1 amide bonds. The molecule has 1 aliphatic rings. The molecule has 0 bridgehead atoms. The molecule has 0 atom stereocenters. The lowest BCUT2D eigenvalue weighted by atomic mass is 10.1. The molecule has 36 heavy (non-hydrogen) atoms. The summed E-state index contributed by atoms with van der Waals surface area (Å²) in [5, 5.41) is 0. The molecular weight excluding hydrogens is 478 g/mol. The maximum Gasteiger partial charge on any atom is 0.410 e. The molecule has 0 saturated carbocycles. The SMILES string of the molecule is Cc1ccc(S(=O)(=O)NC(C)(C)C)c(-c2ccc(COC3CCN(C(=O)OC(C)(C)C)CC3)cn2)c1. The average Bonchev–Trinajstić information content (AvgIpc) is 2.75. The fourth-order valence-corrected chi connectivity index (χ4v) is 5.57. The van der Waals surface area contributed by atoms with E-state index in [-0.39, 0.29) is 17.1 Å². The van der Waals surface area contributed by atoms with Crippen LogP contribution < -0.4 is 4.72 Å². The summed E-state index contributed by atoms with van der Waals surface area (Å²) in [7, 11) is -3.72. The minimum atomic E-state index is -3.72. The van der Waals surface area contributed by atoms with Gasteiger partial charge < -0.3 is 14.4 Å². The lowest BCUT2D eigenvalue weighted by Gasteiger charge is -2.33. The number of amides is 1. The Morgan fingerprint density at radius 1 is 1.08 bits per heavy atom. The van der Waals surface area contributed by atoms with Gasteiger partial charge in [0.1, 0.15) is 5.60 Å². The number of sulfonamides is 1. The summed E-state index contributed by atoms with van der Waals surface area (Å²) in [6.45, 7) is 14.5. The van der Waals surface area contributed by atoms with Crippen molar-refractivity contribution in [3.05, 3.63) is 47.7 Å². The van der Waals surface area contributed by atoms with Gasteiger partial charge in [0.25, 0.3) is 0 Å². The Hall–Kier alpha value is -2.49. The zero-order valence-electron chi connectivity index (χ0n) is 22.4. The average molecular weight is 518 g/mol. The number of pyridine rings is 1. The standard InChI is InChI=1S/C27H39N3O5S/c1-19-8-11-24(36(32,33)29-26(2,3)4)22(16-19)23-10-9-20(17-28-23)18-34-21-12-14-30(15-13-21)25(31)35-27(5,6)7/h8-11,16-17,21,29H,12-15,18H2,1-7H3. The molecule has 1 aliphatic heterocycles. The highest BCUT2D eigenvalue weighted by atomic mass is 32.2. The van der Waals surface area contributed by atoms with Gasteiger partial charge in [-0.15, -0.1) is 0 Å². The molecule has 0 radical (unpaired) electrons. The second-order valence-electron chi connectivity index (χ2n) is 11.4. The summed E-state index contributed by atoms with van der Waals surface area (Å²) < 4.78 is 40.3. The van der Waals surface area contributed by atoms with Gasteiger partial charge in [-0.2, -0.15) is 0 Å². The van der Waals surface area contributed by atoms with E-state index < -0.39 is 21.2 Å². The van der Waals surface area contributed by atoms with Crippen LogP contribution in [0.3, 0.4) is 0 Å². The smallest absolute Gasteiger partial charge is 0.410 e. The Morgan fingerprint density at radius 2 is 1.75 bits per heavy atom. The first-order chi connectivity index (χ1) is 16.6. The highest BCUT2D eigenvalue weighted by Crippen LogP contribution is 2.28. The number of rotatable bonds is 6. The van der Waals surface area contributed by atoms with E-state index in [1.54, 1.807) is 23.2 Å². The van der Waals surface area contributed by atoms with Crippen LogP contribution in [0, 0.1) is 6.92 Å². The molecule has 1 saturated heterocycles. The molecule has 1 fully saturated rings. The molecule has 9 heteroatoms. The second kappa shape index (κ2) is 10.9. The molecule has 1 aromatic heterocycles. The summed E-state index contributed by atoms with van der Waals surface area (Å²) in [6.07, 6.45) is 2.99. The van der Waals surface area contributed by atoms with E-state index in [2.05, 4.69) is 9.71 Å². The Labute approximate surface area is 215 Å². The van der Waals surface area contributed by atoms with Crippen molar-refractivity contribution in [1.29, 1.82) is 0 Å². The van der Waals surface area contributed by atoms with E-state index in [1.807, 2.05) is 66.7 Å². The first-order valence-electron chi connectivity index (χ1n) is 12.3. The van der Waals surface area contributed by atoms with Crippen LogP contribution in [0.15, 0.2) is 41.4 Å². The number of nitrogens with one attached hydrogen (secondary N) is 1. The minimum Gasteiger partial charge on any atom is -0.444 e. The minimum absolute atomic E-state index is 0.0559. The number of piperidine rings is 1. The van der Waals surface area contributed by atoms with Crippen molar-refractivity contribution < 1.29 is 22.7 Å². The number of aryl methyl sites for hydroxylation is 1. The number of likely N-dealkylation sites (tertiary alicyclic amines) is 1. The first-order valence-corrected chi connectivity index (χ1v) is 13.8. The van der Waals surface area contributed by atoms with Gasteiger partial charge in [0.15, 0.2) is 0 Å². The Morgan fingerprint density at radius 3 is 2.31 bits per heavy atom.